The molecule has 2 fully saturated rings. The Hall–Kier alpha value is -4.85. The fourth-order valence-corrected chi connectivity index (χ4v) is 4.96. The van der Waals surface area contributed by atoms with Crippen molar-refractivity contribution in [1.82, 2.24) is 34.6 Å². The molecule has 3 amide bonds. The monoisotopic (exact) mass is 544 g/mol. The van der Waals surface area contributed by atoms with Crippen molar-refractivity contribution in [3.8, 4) is 11.4 Å². The third-order valence-electron chi connectivity index (χ3n) is 7.02. The van der Waals surface area contributed by atoms with Crippen molar-refractivity contribution in [2.75, 3.05) is 54.9 Å². The van der Waals surface area contributed by atoms with Gasteiger partial charge in [0.2, 0.25) is 5.95 Å². The van der Waals surface area contributed by atoms with Crippen LogP contribution in [0.4, 0.5) is 27.0 Å². The van der Waals surface area contributed by atoms with Gasteiger partial charge in [0.1, 0.15) is 5.82 Å². The summed E-state index contributed by atoms with van der Waals surface area (Å²) in [5, 5.41) is 20.2. The van der Waals surface area contributed by atoms with Crippen LogP contribution in [0.2, 0.25) is 0 Å². The molecule has 2 aliphatic rings. The van der Waals surface area contributed by atoms with E-state index in [2.05, 4.69) is 30.6 Å². The van der Waals surface area contributed by atoms with Gasteiger partial charge in [-0.05, 0) is 43.2 Å². The SMILES string of the molecule is O=C(Nc1ccc(-c2nc(N3CCOCC3)c3cnn(C4CCN(C(=O)O)CC4)c3n2)cc1)Nc1ncccn1. The van der Waals surface area contributed by atoms with Gasteiger partial charge in [-0.2, -0.15) is 5.10 Å². The number of morpholine rings is 1. The number of anilines is 3. The lowest BCUT2D eigenvalue weighted by atomic mass is 10.1. The second-order valence-corrected chi connectivity index (χ2v) is 9.53. The molecule has 0 aliphatic carbocycles. The standard InChI is InChI=1S/C26H28N10O4/c37-25(33-24-27-8-1-9-28-24)30-18-4-2-17(3-5-18)21-31-22(34-12-14-40-15-13-34)20-16-29-36(23(20)32-21)19-6-10-35(11-7-19)26(38)39/h1-5,8-9,16,19H,6-7,10-15H2,(H,38,39)(H2,27,28,30,33,37). The molecule has 0 unspecified atom stereocenters. The minimum Gasteiger partial charge on any atom is -0.465 e. The summed E-state index contributed by atoms with van der Waals surface area (Å²) in [6, 6.07) is 8.51. The van der Waals surface area contributed by atoms with Crippen molar-refractivity contribution < 1.29 is 19.4 Å². The number of ether oxygens (including phenoxy) is 1. The van der Waals surface area contributed by atoms with Crippen LogP contribution >= 0.6 is 0 Å². The molecule has 3 aromatic heterocycles. The topological polar surface area (TPSA) is 164 Å². The van der Waals surface area contributed by atoms with Gasteiger partial charge in [0.05, 0.1) is 30.8 Å². The van der Waals surface area contributed by atoms with E-state index >= 15 is 0 Å². The van der Waals surface area contributed by atoms with Crippen molar-refractivity contribution in [2.24, 2.45) is 0 Å². The molecule has 206 valence electrons. The minimum absolute atomic E-state index is 0.0343. The molecular weight excluding hydrogens is 516 g/mol. The first-order valence-electron chi connectivity index (χ1n) is 13.1. The highest BCUT2D eigenvalue weighted by Gasteiger charge is 2.27. The van der Waals surface area contributed by atoms with Gasteiger partial charge in [0.25, 0.3) is 0 Å². The number of nitrogens with zero attached hydrogens (tertiary/aromatic N) is 8. The molecule has 14 nitrogen and oxygen atoms in total. The summed E-state index contributed by atoms with van der Waals surface area (Å²) in [7, 11) is 0. The van der Waals surface area contributed by atoms with Gasteiger partial charge >= 0.3 is 12.1 Å². The highest BCUT2D eigenvalue weighted by molar-refractivity contribution is 5.98. The fourth-order valence-electron chi connectivity index (χ4n) is 4.96. The zero-order valence-corrected chi connectivity index (χ0v) is 21.6. The number of carbonyl (C=O) groups is 2. The van der Waals surface area contributed by atoms with Crippen molar-refractivity contribution in [3.05, 3.63) is 48.9 Å². The Balaban J connectivity index is 1.28. The molecule has 5 heterocycles. The fraction of sp³-hybridized carbons (Fsp3) is 0.346. The smallest absolute Gasteiger partial charge is 0.407 e. The van der Waals surface area contributed by atoms with Crippen LogP contribution in [-0.2, 0) is 4.74 Å². The molecule has 0 radical (unpaired) electrons. The number of nitrogens with one attached hydrogen (secondary N) is 2. The molecular formula is C26H28N10O4. The van der Waals surface area contributed by atoms with Crippen molar-refractivity contribution in [1.29, 1.82) is 0 Å². The molecule has 40 heavy (non-hydrogen) atoms. The highest BCUT2D eigenvalue weighted by atomic mass is 16.5. The number of benzene rings is 1. The number of fused-ring (bicyclic) bond motifs is 1. The number of rotatable bonds is 5. The van der Waals surface area contributed by atoms with E-state index in [0.717, 1.165) is 16.8 Å². The van der Waals surface area contributed by atoms with E-state index in [1.807, 2.05) is 16.8 Å². The Morgan fingerprint density at radius 2 is 1.68 bits per heavy atom. The maximum atomic E-state index is 12.3. The highest BCUT2D eigenvalue weighted by Crippen LogP contribution is 2.32. The summed E-state index contributed by atoms with van der Waals surface area (Å²) in [6.45, 7) is 3.54. The third kappa shape index (κ3) is 5.33. The second-order valence-electron chi connectivity index (χ2n) is 9.53. The van der Waals surface area contributed by atoms with Gasteiger partial charge in [-0.25, -0.2) is 34.2 Å². The number of carboxylic acid groups (broad SMARTS) is 1. The van der Waals surface area contributed by atoms with Crippen molar-refractivity contribution in [2.45, 2.75) is 18.9 Å². The molecule has 0 bridgehead atoms. The van der Waals surface area contributed by atoms with E-state index in [9.17, 15) is 14.7 Å². The molecule has 4 aromatic rings. The molecule has 2 saturated heterocycles. The summed E-state index contributed by atoms with van der Waals surface area (Å²) >= 11 is 0. The van der Waals surface area contributed by atoms with E-state index in [0.29, 0.717) is 69.4 Å². The summed E-state index contributed by atoms with van der Waals surface area (Å²) in [4.78, 5) is 45.2. The van der Waals surface area contributed by atoms with E-state index in [1.54, 1.807) is 36.8 Å². The first kappa shape index (κ1) is 25.4. The quantitative estimate of drug-likeness (QED) is 0.340. The summed E-state index contributed by atoms with van der Waals surface area (Å²) in [6.07, 6.45) is 5.31. The first-order chi connectivity index (χ1) is 19.5. The van der Waals surface area contributed by atoms with Gasteiger partial charge in [-0.15, -0.1) is 0 Å². The lowest BCUT2D eigenvalue weighted by Gasteiger charge is -2.30. The van der Waals surface area contributed by atoms with E-state index in [4.69, 9.17) is 14.7 Å². The van der Waals surface area contributed by atoms with Crippen LogP contribution in [0.15, 0.2) is 48.9 Å². The summed E-state index contributed by atoms with van der Waals surface area (Å²) in [5.74, 6) is 1.54. The average molecular weight is 545 g/mol. The molecule has 6 rings (SSSR count). The second kappa shape index (κ2) is 11.1. The van der Waals surface area contributed by atoms with Crippen LogP contribution in [0.25, 0.3) is 22.4 Å². The average Bonchev–Trinajstić information content (AvgIpc) is 3.42. The number of amides is 3. The lowest BCUT2D eigenvalue weighted by Crippen LogP contribution is -2.38. The van der Waals surface area contributed by atoms with E-state index in [-0.39, 0.29) is 12.0 Å². The van der Waals surface area contributed by atoms with Crippen LogP contribution in [-0.4, -0.2) is 91.2 Å². The van der Waals surface area contributed by atoms with Gasteiger partial charge in [-0.3, -0.25) is 5.32 Å². The molecule has 1 aromatic carbocycles. The number of urea groups is 1. The zero-order valence-electron chi connectivity index (χ0n) is 21.6. The first-order valence-corrected chi connectivity index (χ1v) is 13.1. The summed E-state index contributed by atoms with van der Waals surface area (Å²) < 4.78 is 7.47. The Morgan fingerprint density at radius 3 is 2.38 bits per heavy atom. The van der Waals surface area contributed by atoms with Crippen molar-refractivity contribution in [3.63, 3.8) is 0 Å². The van der Waals surface area contributed by atoms with Gasteiger partial charge in [-0.1, -0.05) is 0 Å². The van der Waals surface area contributed by atoms with Gasteiger partial charge < -0.3 is 25.0 Å². The van der Waals surface area contributed by atoms with Gasteiger partial charge in [0.15, 0.2) is 11.5 Å². The molecule has 0 saturated carbocycles. The Bertz CT molecular complexity index is 1500. The number of hydrogen-bond donors (Lipinski definition) is 3. The predicted molar refractivity (Wildman–Crippen MR) is 146 cm³/mol. The number of aromatic nitrogens is 6. The van der Waals surface area contributed by atoms with Crippen LogP contribution in [0.5, 0.6) is 0 Å². The Labute approximate surface area is 229 Å². The summed E-state index contributed by atoms with van der Waals surface area (Å²) in [5.41, 5.74) is 2.08. The predicted octanol–water partition coefficient (Wildman–Crippen LogP) is 3.08. The molecule has 0 spiro atoms. The van der Waals surface area contributed by atoms with Gasteiger partial charge in [0, 0.05) is 49.8 Å². The van der Waals surface area contributed by atoms with E-state index in [1.165, 1.54) is 4.90 Å². The number of piperidine rings is 1. The maximum absolute atomic E-state index is 12.3. The molecule has 2 aliphatic heterocycles. The molecule has 3 N–H and O–H groups in total. The normalized spacial score (nSPS) is 16.2. The van der Waals surface area contributed by atoms with Crippen LogP contribution < -0.4 is 15.5 Å². The van der Waals surface area contributed by atoms with Crippen LogP contribution in [0.3, 0.4) is 0 Å². The maximum Gasteiger partial charge on any atom is 0.407 e. The van der Waals surface area contributed by atoms with Crippen molar-refractivity contribution >= 4 is 40.6 Å². The molecule has 0 atom stereocenters. The molecule has 14 heteroatoms. The van der Waals surface area contributed by atoms with Crippen LogP contribution in [0, 0.1) is 0 Å². The minimum atomic E-state index is -0.896. The Morgan fingerprint density at radius 1 is 0.950 bits per heavy atom. The largest absolute Gasteiger partial charge is 0.465 e. The van der Waals surface area contributed by atoms with Crippen LogP contribution in [0.1, 0.15) is 18.9 Å². The van der Waals surface area contributed by atoms with E-state index < -0.39 is 12.1 Å². The zero-order chi connectivity index (χ0) is 27.5. The number of carbonyl (C=O) groups excluding carboxylic acids is 1. The number of likely N-dealkylation sites (tertiary alicyclic amines) is 1. The third-order valence-corrected chi connectivity index (χ3v) is 7.02. The number of hydrogen-bond acceptors (Lipinski definition) is 9. The lowest BCUT2D eigenvalue weighted by molar-refractivity contribution is 0.122. The Kier molecular flexibility index (Phi) is 7.06.